The average molecular weight is 520 g/mol. The summed E-state index contributed by atoms with van der Waals surface area (Å²) in [6.45, 7) is 1.33. The number of rotatable bonds is 4. The summed E-state index contributed by atoms with van der Waals surface area (Å²) in [6.07, 6.45) is -9.07. The maximum absolute atomic E-state index is 13.1. The molecule has 0 bridgehead atoms. The minimum absolute atomic E-state index is 0.0663. The molecule has 5 rings (SSSR count). The van der Waals surface area contributed by atoms with Gasteiger partial charge in [-0.2, -0.15) is 31.3 Å². The molecule has 0 unspecified atom stereocenters. The number of alkyl halides is 6. The quantitative estimate of drug-likeness (QED) is 0.310. The van der Waals surface area contributed by atoms with Crippen molar-refractivity contribution in [1.82, 2.24) is 29.3 Å². The van der Waals surface area contributed by atoms with Crippen molar-refractivity contribution in [3.8, 4) is 22.8 Å². The topological polar surface area (TPSA) is 91.1 Å². The summed E-state index contributed by atoms with van der Waals surface area (Å²) >= 11 is 0. The van der Waals surface area contributed by atoms with Gasteiger partial charge in [0.05, 0.1) is 11.1 Å². The molecular formula is C23H14F6N6O2. The molecule has 0 aliphatic carbocycles. The van der Waals surface area contributed by atoms with Crippen molar-refractivity contribution in [3.63, 3.8) is 0 Å². The minimum atomic E-state index is -4.55. The molecule has 190 valence electrons. The third-order valence-electron chi connectivity index (χ3n) is 5.37. The predicted octanol–water partition coefficient (Wildman–Crippen LogP) is 5.00. The van der Waals surface area contributed by atoms with Crippen LogP contribution in [0.5, 0.6) is 0 Å². The summed E-state index contributed by atoms with van der Waals surface area (Å²) in [5, 5.41) is 7.90. The molecule has 8 nitrogen and oxygen atoms in total. The summed E-state index contributed by atoms with van der Waals surface area (Å²) in [4.78, 5) is 21.5. The van der Waals surface area contributed by atoms with Gasteiger partial charge in [0, 0.05) is 22.9 Å². The van der Waals surface area contributed by atoms with Crippen LogP contribution < -0.4 is 5.69 Å². The van der Waals surface area contributed by atoms with Crippen LogP contribution in [0.4, 0.5) is 26.3 Å². The number of fused-ring (bicyclic) bond motifs is 1. The average Bonchev–Trinajstić information content (AvgIpc) is 3.42. The van der Waals surface area contributed by atoms with Crippen molar-refractivity contribution in [2.45, 2.75) is 25.8 Å². The lowest BCUT2D eigenvalue weighted by Gasteiger charge is -2.08. The fourth-order valence-corrected chi connectivity index (χ4v) is 3.66. The van der Waals surface area contributed by atoms with Gasteiger partial charge < -0.3 is 4.52 Å². The molecule has 2 aromatic carbocycles. The van der Waals surface area contributed by atoms with E-state index in [0.29, 0.717) is 5.69 Å². The van der Waals surface area contributed by atoms with E-state index in [1.165, 1.54) is 30.3 Å². The first kappa shape index (κ1) is 24.2. The Morgan fingerprint density at radius 3 is 2.24 bits per heavy atom. The van der Waals surface area contributed by atoms with Crippen LogP contribution in [-0.2, 0) is 18.9 Å². The highest BCUT2D eigenvalue weighted by atomic mass is 19.4. The van der Waals surface area contributed by atoms with Crippen LogP contribution in [0.25, 0.3) is 28.4 Å². The number of hydrogen-bond donors (Lipinski definition) is 0. The van der Waals surface area contributed by atoms with E-state index in [1.807, 2.05) is 0 Å². The summed E-state index contributed by atoms with van der Waals surface area (Å²) < 4.78 is 85.1. The number of aromatic nitrogens is 6. The van der Waals surface area contributed by atoms with E-state index in [2.05, 4.69) is 20.2 Å². The summed E-state index contributed by atoms with van der Waals surface area (Å²) in [5.74, 6) is -0.130. The second kappa shape index (κ2) is 8.57. The van der Waals surface area contributed by atoms with Crippen molar-refractivity contribution >= 4 is 5.65 Å². The Balaban J connectivity index is 1.49. The molecule has 5 aromatic rings. The molecule has 37 heavy (non-hydrogen) atoms. The lowest BCUT2D eigenvalue weighted by molar-refractivity contribution is -0.138. The van der Waals surface area contributed by atoms with Gasteiger partial charge in [0.15, 0.2) is 5.65 Å². The Bertz CT molecular complexity index is 1660. The lowest BCUT2D eigenvalue weighted by atomic mass is 10.1. The normalized spacial score (nSPS) is 12.4. The molecule has 0 saturated heterocycles. The van der Waals surface area contributed by atoms with E-state index in [-0.39, 0.29) is 40.9 Å². The Kier molecular flexibility index (Phi) is 5.61. The second-order valence-electron chi connectivity index (χ2n) is 8.02. The molecule has 0 N–H and O–H groups in total. The molecule has 0 amide bonds. The van der Waals surface area contributed by atoms with Gasteiger partial charge >= 0.3 is 18.0 Å². The Morgan fingerprint density at radius 2 is 1.57 bits per heavy atom. The summed E-state index contributed by atoms with van der Waals surface area (Å²) in [6, 6.07) is 10.0. The first-order valence-corrected chi connectivity index (χ1v) is 10.6. The number of benzene rings is 2. The van der Waals surface area contributed by atoms with E-state index in [4.69, 9.17) is 4.52 Å². The first-order chi connectivity index (χ1) is 17.4. The zero-order chi connectivity index (χ0) is 26.5. The number of hydrogen-bond acceptors (Lipinski definition) is 6. The van der Waals surface area contributed by atoms with Crippen LogP contribution in [0.1, 0.15) is 22.7 Å². The van der Waals surface area contributed by atoms with Crippen molar-refractivity contribution < 1.29 is 30.9 Å². The third kappa shape index (κ3) is 4.69. The van der Waals surface area contributed by atoms with E-state index in [0.717, 1.165) is 33.3 Å². The molecule has 0 aliphatic heterocycles. The largest absolute Gasteiger partial charge is 0.416 e. The first-order valence-electron chi connectivity index (χ1n) is 10.6. The maximum atomic E-state index is 13.1. The van der Waals surface area contributed by atoms with Crippen molar-refractivity contribution in [1.29, 1.82) is 0 Å². The SMILES string of the molecule is Cc1cc2nn(Cc3nc(-c4cccc(C(F)(F)F)c4)no3)c(=O)n2c(-c2ccc(C(F)(F)F)cc2)n1. The van der Waals surface area contributed by atoms with Gasteiger partial charge in [-0.3, -0.25) is 0 Å². The maximum Gasteiger partial charge on any atom is 0.416 e. The standard InChI is InChI=1S/C23H14F6N6O2/c1-12-9-17-32-34(11-18-31-19(33-37-18)14-3-2-4-16(10-14)23(27,28)29)21(36)35(17)20(30-12)13-5-7-15(8-6-13)22(24,25)26/h2-10H,11H2,1H3. The molecule has 0 spiro atoms. The Morgan fingerprint density at radius 1 is 0.865 bits per heavy atom. The number of aryl methyl sites for hydroxylation is 1. The van der Waals surface area contributed by atoms with E-state index >= 15 is 0 Å². The molecule has 0 fully saturated rings. The van der Waals surface area contributed by atoms with Crippen LogP contribution in [0, 0.1) is 6.92 Å². The fraction of sp³-hybridized carbons (Fsp3) is 0.174. The van der Waals surface area contributed by atoms with Crippen molar-refractivity contribution in [2.24, 2.45) is 0 Å². The third-order valence-corrected chi connectivity index (χ3v) is 5.37. The second-order valence-corrected chi connectivity index (χ2v) is 8.02. The van der Waals surface area contributed by atoms with Gasteiger partial charge in [0.1, 0.15) is 12.4 Å². The number of halogens is 6. The monoisotopic (exact) mass is 520 g/mol. The highest BCUT2D eigenvalue weighted by Gasteiger charge is 2.31. The molecule has 3 heterocycles. The van der Waals surface area contributed by atoms with E-state index in [9.17, 15) is 31.1 Å². The summed E-state index contributed by atoms with van der Waals surface area (Å²) in [5.41, 5.74) is -1.46. The Hall–Kier alpha value is -4.49. The predicted molar refractivity (Wildman–Crippen MR) is 116 cm³/mol. The highest BCUT2D eigenvalue weighted by Crippen LogP contribution is 2.32. The van der Waals surface area contributed by atoms with Gasteiger partial charge in [-0.05, 0) is 31.2 Å². The van der Waals surface area contributed by atoms with Crippen molar-refractivity contribution in [3.05, 3.63) is 87.8 Å². The van der Waals surface area contributed by atoms with Crippen LogP contribution in [0.2, 0.25) is 0 Å². The smallest absolute Gasteiger partial charge is 0.337 e. The number of nitrogens with zero attached hydrogens (tertiary/aromatic N) is 6. The van der Waals surface area contributed by atoms with Gasteiger partial charge in [-0.25, -0.2) is 18.9 Å². The zero-order valence-electron chi connectivity index (χ0n) is 18.7. The van der Waals surface area contributed by atoms with E-state index in [1.54, 1.807) is 6.92 Å². The van der Waals surface area contributed by atoms with Crippen LogP contribution in [0.15, 0.2) is 63.9 Å². The van der Waals surface area contributed by atoms with E-state index < -0.39 is 29.2 Å². The molecule has 3 aromatic heterocycles. The molecule has 14 heteroatoms. The summed E-state index contributed by atoms with van der Waals surface area (Å²) in [7, 11) is 0. The van der Waals surface area contributed by atoms with Crippen LogP contribution in [0.3, 0.4) is 0 Å². The van der Waals surface area contributed by atoms with Gasteiger partial charge in [-0.1, -0.05) is 29.4 Å². The van der Waals surface area contributed by atoms with Gasteiger partial charge in [-0.15, -0.1) is 5.10 Å². The molecule has 0 atom stereocenters. The molecular weight excluding hydrogens is 506 g/mol. The van der Waals surface area contributed by atoms with Gasteiger partial charge in [0.25, 0.3) is 0 Å². The van der Waals surface area contributed by atoms with Crippen LogP contribution >= 0.6 is 0 Å². The highest BCUT2D eigenvalue weighted by molar-refractivity contribution is 5.60. The Labute approximate surface area is 202 Å². The molecule has 0 aliphatic rings. The molecule has 0 saturated carbocycles. The van der Waals surface area contributed by atoms with Crippen molar-refractivity contribution in [2.75, 3.05) is 0 Å². The lowest BCUT2D eigenvalue weighted by Crippen LogP contribution is -2.23. The zero-order valence-corrected chi connectivity index (χ0v) is 18.7. The minimum Gasteiger partial charge on any atom is -0.337 e. The van der Waals surface area contributed by atoms with Gasteiger partial charge in [0.2, 0.25) is 11.7 Å². The fourth-order valence-electron chi connectivity index (χ4n) is 3.66. The molecule has 0 radical (unpaired) electrons. The van der Waals surface area contributed by atoms with Crippen LogP contribution in [-0.4, -0.2) is 29.3 Å².